The molecule has 2 atom stereocenters. The average Bonchev–Trinajstić information content (AvgIpc) is 2.94. The fourth-order valence-corrected chi connectivity index (χ4v) is 4.34. The molecule has 0 bridgehead atoms. The van der Waals surface area contributed by atoms with E-state index in [4.69, 9.17) is 9.47 Å². The zero-order valence-electron chi connectivity index (χ0n) is 23.0. The van der Waals surface area contributed by atoms with E-state index in [0.717, 1.165) is 36.0 Å². The van der Waals surface area contributed by atoms with Crippen LogP contribution in [0.15, 0.2) is 60.9 Å². The van der Waals surface area contributed by atoms with Crippen LogP contribution in [-0.2, 0) is 15.9 Å². The Morgan fingerprint density at radius 3 is 2.03 bits per heavy atom. The fraction of sp³-hybridized carbons (Fsp3) is 0.469. The van der Waals surface area contributed by atoms with Crippen molar-refractivity contribution in [2.45, 2.75) is 91.0 Å². The Morgan fingerprint density at radius 2 is 1.39 bits per heavy atom. The van der Waals surface area contributed by atoms with Crippen LogP contribution in [0.1, 0.15) is 88.1 Å². The van der Waals surface area contributed by atoms with Gasteiger partial charge in [-0.15, -0.1) is 0 Å². The molecule has 0 N–H and O–H groups in total. The molecule has 0 fully saturated rings. The van der Waals surface area contributed by atoms with Gasteiger partial charge in [-0.2, -0.15) is 0 Å². The summed E-state index contributed by atoms with van der Waals surface area (Å²) in [5.74, 6) is 0.138. The Bertz CT molecular complexity index is 1090. The van der Waals surface area contributed by atoms with E-state index in [1.54, 1.807) is 12.1 Å². The zero-order chi connectivity index (χ0) is 27.2. The molecule has 0 aliphatic carbocycles. The third kappa shape index (κ3) is 9.64. The molecule has 0 saturated carbocycles. The van der Waals surface area contributed by atoms with Gasteiger partial charge in [-0.3, -0.25) is 0 Å². The minimum Gasteiger partial charge on any atom is -0.456 e. The Hall–Kier alpha value is -3.12. The summed E-state index contributed by atoms with van der Waals surface area (Å²) in [7, 11) is 0. The third-order valence-corrected chi connectivity index (χ3v) is 6.54. The number of rotatable bonds is 16. The minimum atomic E-state index is -1.63. The summed E-state index contributed by atoms with van der Waals surface area (Å²) in [4.78, 5) is 21.4. The molecule has 0 aliphatic rings. The van der Waals surface area contributed by atoms with Gasteiger partial charge in [0.2, 0.25) is 6.36 Å². The molecule has 38 heavy (non-hydrogen) atoms. The van der Waals surface area contributed by atoms with E-state index in [-0.39, 0.29) is 6.10 Å². The van der Waals surface area contributed by atoms with Gasteiger partial charge < -0.3 is 9.47 Å². The van der Waals surface area contributed by atoms with Crippen molar-refractivity contribution >= 4 is 5.97 Å². The second kappa shape index (κ2) is 16.0. The lowest BCUT2D eigenvalue weighted by atomic mass is 10.0. The van der Waals surface area contributed by atoms with Crippen LogP contribution < -0.4 is 0 Å². The van der Waals surface area contributed by atoms with Crippen LogP contribution >= 0.6 is 0 Å². The molecule has 1 aromatic heterocycles. The average molecular weight is 521 g/mol. The van der Waals surface area contributed by atoms with Crippen molar-refractivity contribution in [1.82, 2.24) is 9.97 Å². The first-order valence-corrected chi connectivity index (χ1v) is 14.0. The molecule has 2 aromatic carbocycles. The number of halogens is 1. The van der Waals surface area contributed by atoms with Gasteiger partial charge in [-0.25, -0.2) is 19.2 Å². The molecular weight excluding hydrogens is 479 g/mol. The number of hydrogen-bond acceptors (Lipinski definition) is 5. The maximum Gasteiger partial charge on any atom is 0.338 e. The van der Waals surface area contributed by atoms with E-state index in [0.29, 0.717) is 11.4 Å². The lowest BCUT2D eigenvalue weighted by Crippen LogP contribution is -2.22. The molecule has 204 valence electrons. The topological polar surface area (TPSA) is 61.3 Å². The van der Waals surface area contributed by atoms with Crippen molar-refractivity contribution in [3.8, 4) is 22.5 Å². The number of carbonyl (C=O) groups excluding carboxylic acids is 1. The van der Waals surface area contributed by atoms with E-state index in [1.165, 1.54) is 44.1 Å². The summed E-state index contributed by atoms with van der Waals surface area (Å²) < 4.78 is 24.2. The number of hydrogen-bond donors (Lipinski definition) is 0. The van der Waals surface area contributed by atoms with Crippen LogP contribution in [0.5, 0.6) is 0 Å². The highest BCUT2D eigenvalue weighted by molar-refractivity contribution is 5.90. The number of esters is 1. The summed E-state index contributed by atoms with van der Waals surface area (Å²) in [5.41, 5.74) is 4.48. The Kier molecular flexibility index (Phi) is 12.4. The number of carbonyl (C=O) groups is 1. The largest absolute Gasteiger partial charge is 0.456 e. The maximum absolute atomic E-state index is 13.9. The van der Waals surface area contributed by atoms with Gasteiger partial charge in [0.25, 0.3) is 0 Å². The van der Waals surface area contributed by atoms with Crippen molar-refractivity contribution in [2.24, 2.45) is 0 Å². The SMILES string of the molecule is CCCCCCCCc1cnc(-c2ccc(-c3ccc(C(=O)OCC(F)OC(C)CCC)cc3)cc2)nc1. The van der Waals surface area contributed by atoms with Gasteiger partial charge in [0.1, 0.15) is 6.61 Å². The molecule has 6 heteroatoms. The van der Waals surface area contributed by atoms with Crippen LogP contribution in [0.3, 0.4) is 0 Å². The van der Waals surface area contributed by atoms with Crippen LogP contribution in [0.25, 0.3) is 22.5 Å². The zero-order valence-corrected chi connectivity index (χ0v) is 23.0. The number of unbranched alkanes of at least 4 members (excludes halogenated alkanes) is 5. The van der Waals surface area contributed by atoms with Crippen molar-refractivity contribution in [2.75, 3.05) is 6.61 Å². The maximum atomic E-state index is 13.9. The molecule has 5 nitrogen and oxygen atoms in total. The van der Waals surface area contributed by atoms with E-state index >= 15 is 0 Å². The number of ether oxygens (including phenoxy) is 2. The van der Waals surface area contributed by atoms with E-state index in [9.17, 15) is 9.18 Å². The first kappa shape index (κ1) is 29.4. The first-order chi connectivity index (χ1) is 18.5. The van der Waals surface area contributed by atoms with Gasteiger partial charge in [0, 0.05) is 18.0 Å². The Balaban J connectivity index is 1.49. The van der Waals surface area contributed by atoms with Crippen LogP contribution in [0, 0.1) is 0 Å². The van der Waals surface area contributed by atoms with Crippen LogP contribution in [0.2, 0.25) is 0 Å². The number of benzene rings is 2. The molecular formula is C32H41FN2O3. The second-order valence-electron chi connectivity index (χ2n) is 9.83. The Labute approximate surface area is 226 Å². The molecule has 0 aliphatic heterocycles. The van der Waals surface area contributed by atoms with Crippen molar-refractivity contribution in [1.29, 1.82) is 0 Å². The summed E-state index contributed by atoms with van der Waals surface area (Å²) in [6, 6.07) is 15.1. The Morgan fingerprint density at radius 1 is 0.816 bits per heavy atom. The summed E-state index contributed by atoms with van der Waals surface area (Å²) >= 11 is 0. The molecule has 3 rings (SSSR count). The number of nitrogens with zero attached hydrogens (tertiary/aromatic N) is 2. The predicted octanol–water partition coefficient (Wildman–Crippen LogP) is 8.37. The molecule has 0 amide bonds. The lowest BCUT2D eigenvalue weighted by Gasteiger charge is -2.16. The lowest BCUT2D eigenvalue weighted by molar-refractivity contribution is -0.108. The van der Waals surface area contributed by atoms with Crippen molar-refractivity contribution in [3.05, 3.63) is 72.1 Å². The molecule has 2 unspecified atom stereocenters. The highest BCUT2D eigenvalue weighted by Gasteiger charge is 2.15. The monoisotopic (exact) mass is 520 g/mol. The van der Waals surface area contributed by atoms with Gasteiger partial charge in [-0.1, -0.05) is 88.8 Å². The summed E-state index contributed by atoms with van der Waals surface area (Å²) in [5, 5.41) is 0. The normalized spacial score (nSPS) is 12.7. The van der Waals surface area contributed by atoms with E-state index in [2.05, 4.69) is 16.9 Å². The molecule has 3 aromatic rings. The highest BCUT2D eigenvalue weighted by atomic mass is 19.1. The number of aryl methyl sites for hydroxylation is 1. The standard InChI is InChI=1S/C32H41FN2O3/c1-4-6-7-8-9-10-12-25-21-34-31(35-22-25)28-17-13-26(14-18-28)27-15-19-29(20-16-27)32(36)37-23-30(33)38-24(3)11-5-2/h13-22,24,30H,4-12,23H2,1-3H3. The van der Waals surface area contributed by atoms with E-state index < -0.39 is 18.9 Å². The van der Waals surface area contributed by atoms with Gasteiger partial charge >= 0.3 is 5.97 Å². The molecule has 0 spiro atoms. The minimum absolute atomic E-state index is 0.208. The van der Waals surface area contributed by atoms with Gasteiger partial charge in [0.05, 0.1) is 11.7 Å². The summed E-state index contributed by atoms with van der Waals surface area (Å²) in [6.45, 7) is 5.64. The number of alkyl halides is 1. The predicted molar refractivity (Wildman–Crippen MR) is 151 cm³/mol. The third-order valence-electron chi connectivity index (χ3n) is 6.54. The summed E-state index contributed by atoms with van der Waals surface area (Å²) in [6.07, 6.45) is 12.4. The van der Waals surface area contributed by atoms with Crippen molar-refractivity contribution < 1.29 is 18.7 Å². The quantitative estimate of drug-likeness (QED) is 0.140. The first-order valence-electron chi connectivity index (χ1n) is 14.0. The second-order valence-corrected chi connectivity index (χ2v) is 9.83. The van der Waals surface area contributed by atoms with Crippen molar-refractivity contribution in [3.63, 3.8) is 0 Å². The van der Waals surface area contributed by atoms with Crippen LogP contribution in [-0.4, -0.2) is 35.0 Å². The van der Waals surface area contributed by atoms with Crippen LogP contribution in [0.4, 0.5) is 4.39 Å². The van der Waals surface area contributed by atoms with E-state index in [1.807, 2.05) is 62.6 Å². The molecule has 0 radical (unpaired) electrons. The molecule has 0 saturated heterocycles. The smallest absolute Gasteiger partial charge is 0.338 e. The number of aromatic nitrogens is 2. The highest BCUT2D eigenvalue weighted by Crippen LogP contribution is 2.24. The fourth-order valence-electron chi connectivity index (χ4n) is 4.34. The van der Waals surface area contributed by atoms with Gasteiger partial charge in [-0.05, 0) is 55.0 Å². The van der Waals surface area contributed by atoms with Gasteiger partial charge in [0.15, 0.2) is 5.82 Å². The molecule has 1 heterocycles.